The summed E-state index contributed by atoms with van der Waals surface area (Å²) in [4.78, 5) is 52.0. The van der Waals surface area contributed by atoms with Gasteiger partial charge in [-0.15, -0.1) is 13.2 Å². The molecule has 0 aliphatic rings. The fourth-order valence-corrected chi connectivity index (χ4v) is 5.10. The number of halogens is 2. The van der Waals surface area contributed by atoms with Gasteiger partial charge in [-0.3, -0.25) is 19.2 Å². The van der Waals surface area contributed by atoms with Gasteiger partial charge in [0.05, 0.1) is 31.8 Å². The van der Waals surface area contributed by atoms with Crippen molar-refractivity contribution in [3.63, 3.8) is 0 Å². The molecule has 0 saturated heterocycles. The van der Waals surface area contributed by atoms with Gasteiger partial charge < -0.3 is 18.9 Å². The second kappa shape index (κ2) is 19.2. The summed E-state index contributed by atoms with van der Waals surface area (Å²) >= 11 is 6.73. The van der Waals surface area contributed by atoms with Crippen LogP contribution < -0.4 is 0 Å². The van der Waals surface area contributed by atoms with E-state index in [9.17, 15) is 19.2 Å². The van der Waals surface area contributed by atoms with Crippen molar-refractivity contribution in [2.75, 3.05) is 28.4 Å². The number of esters is 4. The Morgan fingerprint density at radius 1 is 0.632 bits per heavy atom. The molecule has 0 aromatic rings. The molecule has 0 aliphatic carbocycles. The third-order valence-corrected chi connectivity index (χ3v) is 7.73. The van der Waals surface area contributed by atoms with Crippen molar-refractivity contribution in [3.8, 4) is 0 Å². The Morgan fingerprint density at radius 3 is 1.42 bits per heavy atom. The van der Waals surface area contributed by atoms with Crippen molar-refractivity contribution in [1.29, 1.82) is 0 Å². The Morgan fingerprint density at radius 2 is 1.03 bits per heavy atom. The number of unbranched alkanes of at least 4 members (excludes halogenated alkanes) is 7. The minimum atomic E-state index is -1.77. The van der Waals surface area contributed by atoms with E-state index in [0.29, 0.717) is 15.4 Å². The number of allylic oxidation sites excluding steroid dienone is 3. The van der Waals surface area contributed by atoms with Gasteiger partial charge in [0.1, 0.15) is 0 Å². The van der Waals surface area contributed by atoms with Gasteiger partial charge in [0, 0.05) is 0 Å². The zero-order valence-corrected chi connectivity index (χ0v) is 26.2. The minimum absolute atomic E-state index is 0.0840. The first-order valence-electron chi connectivity index (χ1n) is 12.6. The average molecular weight is 666 g/mol. The van der Waals surface area contributed by atoms with Crippen LogP contribution in [0.1, 0.15) is 77.0 Å². The van der Waals surface area contributed by atoms with Crippen molar-refractivity contribution in [1.82, 2.24) is 0 Å². The molecule has 0 aliphatic heterocycles. The molecule has 0 fully saturated rings. The Bertz CT molecular complexity index is 814. The van der Waals surface area contributed by atoms with Crippen molar-refractivity contribution in [2.24, 2.45) is 10.8 Å². The smallest absolute Gasteiger partial charge is 0.323 e. The van der Waals surface area contributed by atoms with E-state index in [2.05, 4.69) is 45.0 Å². The highest BCUT2D eigenvalue weighted by Crippen LogP contribution is 2.44. The lowest BCUT2D eigenvalue weighted by Gasteiger charge is -2.33. The highest BCUT2D eigenvalue weighted by Gasteiger charge is 2.52. The Labute approximate surface area is 243 Å². The first-order valence-corrected chi connectivity index (χ1v) is 14.2. The molecule has 0 unspecified atom stereocenters. The van der Waals surface area contributed by atoms with Crippen LogP contribution in [0.15, 0.2) is 34.3 Å². The summed E-state index contributed by atoms with van der Waals surface area (Å²) in [5.74, 6) is -3.15. The highest BCUT2D eigenvalue weighted by molar-refractivity contribution is 9.28. The molecule has 0 radical (unpaired) electrons. The first kappa shape index (κ1) is 36.1. The summed E-state index contributed by atoms with van der Waals surface area (Å²) in [6, 6.07) is 0. The number of methoxy groups -OCH3 is 4. The van der Waals surface area contributed by atoms with Crippen LogP contribution in [0, 0.1) is 10.8 Å². The van der Waals surface area contributed by atoms with Crippen LogP contribution in [0.4, 0.5) is 0 Å². The number of hydrogen-bond donors (Lipinski definition) is 0. The maximum atomic E-state index is 13.1. The number of carbonyl (C=O) groups excluding carboxylic acids is 4. The van der Waals surface area contributed by atoms with Gasteiger partial charge in [0.25, 0.3) is 0 Å². The van der Waals surface area contributed by atoms with Crippen LogP contribution >= 0.6 is 31.9 Å². The fourth-order valence-electron chi connectivity index (χ4n) is 4.54. The first-order chi connectivity index (χ1) is 18.1. The van der Waals surface area contributed by atoms with E-state index >= 15 is 0 Å². The molecule has 0 atom stereocenters. The van der Waals surface area contributed by atoms with Crippen molar-refractivity contribution < 1.29 is 38.1 Å². The van der Waals surface area contributed by atoms with E-state index in [1.165, 1.54) is 34.5 Å². The second-order valence-electron chi connectivity index (χ2n) is 9.14. The standard InChI is InChI=1S/C28H42Br2O8/c1-7-9-10-11-12-13-14-15-16-18-28(25(33)37-5,26(34)38-6)20-21(22(29)30)19-27(17-8-2,23(31)35-3)24(32)36-4/h7-8H,1-2,9-20H2,3-6H3. The van der Waals surface area contributed by atoms with Crippen molar-refractivity contribution in [2.45, 2.75) is 77.0 Å². The van der Waals surface area contributed by atoms with E-state index in [4.69, 9.17) is 18.9 Å². The molecule has 38 heavy (non-hydrogen) atoms. The third-order valence-electron chi connectivity index (χ3n) is 6.61. The molecular formula is C28H42Br2O8. The molecule has 0 saturated carbocycles. The molecule has 0 bridgehead atoms. The molecule has 0 amide bonds. The van der Waals surface area contributed by atoms with E-state index in [-0.39, 0.29) is 25.7 Å². The molecule has 0 spiro atoms. The normalized spacial score (nSPS) is 11.2. The molecule has 0 aromatic carbocycles. The van der Waals surface area contributed by atoms with E-state index in [0.717, 1.165) is 44.9 Å². The number of hydrogen-bond acceptors (Lipinski definition) is 8. The van der Waals surface area contributed by atoms with Gasteiger partial charge in [-0.05, 0) is 76.0 Å². The van der Waals surface area contributed by atoms with Gasteiger partial charge in [-0.25, -0.2) is 0 Å². The summed E-state index contributed by atoms with van der Waals surface area (Å²) < 4.78 is 20.4. The van der Waals surface area contributed by atoms with Gasteiger partial charge in [-0.2, -0.15) is 0 Å². The number of carbonyl (C=O) groups is 4. The predicted octanol–water partition coefficient (Wildman–Crippen LogP) is 6.71. The summed E-state index contributed by atoms with van der Waals surface area (Å²) in [5, 5.41) is 0. The average Bonchev–Trinajstić information content (AvgIpc) is 2.92. The van der Waals surface area contributed by atoms with Crippen LogP contribution in [0.2, 0.25) is 0 Å². The summed E-state index contributed by atoms with van der Waals surface area (Å²) in [5.41, 5.74) is -3.04. The van der Waals surface area contributed by atoms with E-state index in [1.807, 2.05) is 6.08 Å². The zero-order chi connectivity index (χ0) is 29.2. The summed E-state index contributed by atoms with van der Waals surface area (Å²) in [6.07, 6.45) is 10.9. The summed E-state index contributed by atoms with van der Waals surface area (Å²) in [7, 11) is 4.76. The lowest BCUT2D eigenvalue weighted by atomic mass is 9.72. The molecular weight excluding hydrogens is 624 g/mol. The molecule has 0 rings (SSSR count). The van der Waals surface area contributed by atoms with Gasteiger partial charge in [0.2, 0.25) is 0 Å². The molecule has 10 heteroatoms. The van der Waals surface area contributed by atoms with Crippen LogP contribution in [-0.4, -0.2) is 52.3 Å². The maximum Gasteiger partial charge on any atom is 0.323 e. The Kier molecular flexibility index (Phi) is 18.2. The maximum absolute atomic E-state index is 13.1. The van der Waals surface area contributed by atoms with Crippen LogP contribution in [-0.2, 0) is 38.1 Å². The molecule has 216 valence electrons. The van der Waals surface area contributed by atoms with Gasteiger partial charge in [-0.1, -0.05) is 50.7 Å². The van der Waals surface area contributed by atoms with Crippen LogP contribution in [0.25, 0.3) is 0 Å². The van der Waals surface area contributed by atoms with E-state index in [1.54, 1.807) is 0 Å². The Balaban J connectivity index is 6.09. The molecule has 8 nitrogen and oxygen atoms in total. The van der Waals surface area contributed by atoms with Gasteiger partial charge in [0.15, 0.2) is 10.8 Å². The predicted molar refractivity (Wildman–Crippen MR) is 154 cm³/mol. The topological polar surface area (TPSA) is 105 Å². The monoisotopic (exact) mass is 664 g/mol. The molecule has 0 aromatic heterocycles. The largest absolute Gasteiger partial charge is 0.468 e. The van der Waals surface area contributed by atoms with Gasteiger partial charge >= 0.3 is 23.9 Å². The Hall–Kier alpha value is -1.94. The highest BCUT2D eigenvalue weighted by atomic mass is 79.9. The second-order valence-corrected chi connectivity index (χ2v) is 11.8. The minimum Gasteiger partial charge on any atom is -0.468 e. The van der Waals surface area contributed by atoms with Crippen LogP contribution in [0.5, 0.6) is 0 Å². The van der Waals surface area contributed by atoms with Crippen molar-refractivity contribution >= 4 is 55.7 Å². The zero-order valence-electron chi connectivity index (χ0n) is 23.1. The number of ether oxygens (including phenoxy) is 4. The van der Waals surface area contributed by atoms with Crippen LogP contribution in [0.3, 0.4) is 0 Å². The SMILES string of the molecule is C=CCCCCCCCCCC(CC(CC(CC=C)(C(=O)OC)C(=O)OC)=C(Br)Br)(C(=O)OC)C(=O)OC. The summed E-state index contributed by atoms with van der Waals surface area (Å²) in [6.45, 7) is 7.40. The number of rotatable bonds is 20. The van der Waals surface area contributed by atoms with E-state index < -0.39 is 34.7 Å². The fraction of sp³-hybridized carbons (Fsp3) is 0.643. The molecule has 0 heterocycles. The lowest BCUT2D eigenvalue weighted by Crippen LogP contribution is -2.44. The lowest BCUT2D eigenvalue weighted by molar-refractivity contribution is -0.170. The third kappa shape index (κ3) is 10.3. The quantitative estimate of drug-likeness (QED) is 0.0465. The molecule has 0 N–H and O–H groups in total. The van der Waals surface area contributed by atoms with Crippen molar-refractivity contribution in [3.05, 3.63) is 34.3 Å².